The second-order valence-electron chi connectivity index (χ2n) is 13.3. The van der Waals surface area contributed by atoms with Gasteiger partial charge in [-0.05, 0) is 41.5 Å². The van der Waals surface area contributed by atoms with Gasteiger partial charge in [-0.15, -0.1) is 10.2 Å². The van der Waals surface area contributed by atoms with Crippen LogP contribution in [0.5, 0.6) is 0 Å². The van der Waals surface area contributed by atoms with Gasteiger partial charge in [-0.25, -0.2) is 29.2 Å². The fourth-order valence-electron chi connectivity index (χ4n) is 4.74. The molecule has 0 aliphatic carbocycles. The molecule has 22 nitrogen and oxygen atoms in total. The normalized spacial score (nSPS) is 20.6. The molecule has 0 saturated carbocycles. The molecule has 1 saturated heterocycles. The predicted octanol–water partition coefficient (Wildman–Crippen LogP) is 1.94. The van der Waals surface area contributed by atoms with Crippen molar-refractivity contribution in [1.29, 1.82) is 0 Å². The maximum Gasteiger partial charge on any atom is 0.509 e. The molecule has 0 radical (unpaired) electrons. The second kappa shape index (κ2) is 14.9. The molecule has 2 unspecified atom stereocenters. The van der Waals surface area contributed by atoms with Crippen molar-refractivity contribution in [3.05, 3.63) is 36.4 Å². The minimum Gasteiger partial charge on any atom is -0.756 e. The number of nitrogens with one attached hydrogen (secondary N) is 1. The van der Waals surface area contributed by atoms with E-state index < -0.39 is 55.8 Å². The largest absolute Gasteiger partial charge is 0.756 e. The Morgan fingerprint density at radius 3 is 2.43 bits per heavy atom. The topological polar surface area (TPSA) is 256 Å². The van der Waals surface area contributed by atoms with Crippen LogP contribution in [0.4, 0.5) is 15.4 Å². The van der Waals surface area contributed by atoms with E-state index in [1.54, 1.807) is 34.9 Å². The van der Waals surface area contributed by atoms with Crippen molar-refractivity contribution in [2.45, 2.75) is 90.5 Å². The SMILES string of the molecule is Cn1cc(COC(=O)O[C@H]2C(OP(=O)([O-])OC(C)(C)C)[C@@H](COC(C)(C)C)O[C@H]2n2cnc3c(NC(=O)OCc4cnnn4C)ncnc32)nn1. The number of imidazole rings is 1. The highest BCUT2D eigenvalue weighted by atomic mass is 31.2. The summed E-state index contributed by atoms with van der Waals surface area (Å²) in [6.45, 7) is 9.35. The van der Waals surface area contributed by atoms with Crippen LogP contribution in [0.2, 0.25) is 0 Å². The van der Waals surface area contributed by atoms with E-state index in [4.69, 9.17) is 32.7 Å². The Hall–Kier alpha value is -4.60. The number of fused-ring (bicyclic) bond motifs is 1. The number of anilines is 1. The summed E-state index contributed by atoms with van der Waals surface area (Å²) in [5.41, 5.74) is -0.765. The van der Waals surface area contributed by atoms with Crippen molar-refractivity contribution in [3.8, 4) is 0 Å². The van der Waals surface area contributed by atoms with E-state index in [9.17, 15) is 19.0 Å². The first-order chi connectivity index (χ1) is 23.9. The highest BCUT2D eigenvalue weighted by molar-refractivity contribution is 7.45. The van der Waals surface area contributed by atoms with Gasteiger partial charge in [0.2, 0.25) is 0 Å². The Bertz CT molecular complexity index is 1880. The molecule has 4 aromatic rings. The highest BCUT2D eigenvalue weighted by Gasteiger charge is 2.52. The molecule has 0 bridgehead atoms. The first-order valence-electron chi connectivity index (χ1n) is 15.5. The Morgan fingerprint density at radius 2 is 1.78 bits per heavy atom. The quantitative estimate of drug-likeness (QED) is 0.161. The van der Waals surface area contributed by atoms with Crippen molar-refractivity contribution in [3.63, 3.8) is 0 Å². The lowest BCUT2D eigenvalue weighted by Crippen LogP contribution is -2.41. The molecule has 4 aromatic heterocycles. The maximum absolute atomic E-state index is 13.2. The van der Waals surface area contributed by atoms with Crippen molar-refractivity contribution in [2.75, 3.05) is 11.9 Å². The van der Waals surface area contributed by atoms with Gasteiger partial charge in [-0.3, -0.25) is 19.1 Å². The number of hydrogen-bond acceptors (Lipinski definition) is 18. The summed E-state index contributed by atoms with van der Waals surface area (Å²) in [6, 6.07) is 0. The second-order valence-corrected chi connectivity index (χ2v) is 14.6. The maximum atomic E-state index is 13.2. The Labute approximate surface area is 291 Å². The number of phosphoric ester groups is 1. The van der Waals surface area contributed by atoms with E-state index >= 15 is 0 Å². The molecule has 278 valence electrons. The van der Waals surface area contributed by atoms with Crippen LogP contribution in [0.15, 0.2) is 25.0 Å². The lowest BCUT2D eigenvalue weighted by molar-refractivity contribution is -0.242. The standard InChI is InChI=1S/C28H40N11O11P/c1-27(2,3)46-13-18-20(49-51(42,43)50-28(4,5)6)21(48-26(41)45-11-16-10-37(7)36-34-16)24(47-18)39-15-31-19-22(29-14-30-23(19)39)33-25(40)44-12-17-9-32-35-38(17)8/h9-10,14-15,18,20-21,24H,11-13H2,1-8H3,(H,42,43)(H,29,30,33,40)/p-1/t18-,20?,21+,24-/m1/s1. The molecule has 5 heterocycles. The fraction of sp³-hybridized carbons (Fsp3) is 0.607. The molecule has 1 N–H and O–H groups in total. The van der Waals surface area contributed by atoms with Gasteiger partial charge >= 0.3 is 12.2 Å². The molecule has 0 aromatic carbocycles. The van der Waals surface area contributed by atoms with Crippen LogP contribution in [0, 0.1) is 0 Å². The van der Waals surface area contributed by atoms with E-state index in [2.05, 4.69) is 40.9 Å². The summed E-state index contributed by atoms with van der Waals surface area (Å²) in [5, 5.41) is 17.7. The molecule has 1 aliphatic heterocycles. The van der Waals surface area contributed by atoms with Crippen LogP contribution in [0.3, 0.4) is 0 Å². The predicted molar refractivity (Wildman–Crippen MR) is 169 cm³/mol. The molecule has 1 fully saturated rings. The lowest BCUT2D eigenvalue weighted by Gasteiger charge is -2.35. The summed E-state index contributed by atoms with van der Waals surface area (Å²) < 4.78 is 56.7. The lowest BCUT2D eigenvalue weighted by atomic mass is 10.1. The number of ether oxygens (including phenoxy) is 5. The summed E-state index contributed by atoms with van der Waals surface area (Å²) in [6.07, 6.45) is -2.13. The zero-order valence-electron chi connectivity index (χ0n) is 29.2. The number of carbonyl (C=O) groups is 2. The van der Waals surface area contributed by atoms with Crippen LogP contribution in [0.1, 0.15) is 59.2 Å². The first kappa shape index (κ1) is 37.7. The van der Waals surface area contributed by atoms with Gasteiger partial charge in [0.15, 0.2) is 29.3 Å². The van der Waals surface area contributed by atoms with E-state index in [-0.39, 0.29) is 36.8 Å². The smallest absolute Gasteiger partial charge is 0.509 e. The minimum absolute atomic E-state index is 0.0196. The van der Waals surface area contributed by atoms with Crippen LogP contribution >= 0.6 is 7.82 Å². The first-order valence-corrected chi connectivity index (χ1v) is 17.0. The molecular weight excluding hydrogens is 697 g/mol. The average molecular weight is 737 g/mol. The zero-order chi connectivity index (χ0) is 37.1. The van der Waals surface area contributed by atoms with E-state index in [1.807, 2.05) is 0 Å². The number of amides is 1. The van der Waals surface area contributed by atoms with Crippen molar-refractivity contribution in [1.82, 2.24) is 49.5 Å². The molecular formula is C28H39N11O11P-. The molecule has 1 aliphatic rings. The number of nitrogens with zero attached hydrogens (tertiary/aromatic N) is 10. The van der Waals surface area contributed by atoms with Gasteiger partial charge in [0.25, 0.3) is 7.82 Å². The molecule has 23 heteroatoms. The Balaban J connectivity index is 1.46. The summed E-state index contributed by atoms with van der Waals surface area (Å²) in [4.78, 5) is 51.7. The third-order valence-electron chi connectivity index (χ3n) is 6.84. The zero-order valence-corrected chi connectivity index (χ0v) is 30.0. The molecule has 5 atom stereocenters. The Kier molecular flexibility index (Phi) is 11.0. The summed E-state index contributed by atoms with van der Waals surface area (Å²) >= 11 is 0. The monoisotopic (exact) mass is 736 g/mol. The van der Waals surface area contributed by atoms with Gasteiger partial charge in [-0.1, -0.05) is 10.4 Å². The van der Waals surface area contributed by atoms with Crippen LogP contribution in [0.25, 0.3) is 11.2 Å². The molecule has 51 heavy (non-hydrogen) atoms. The van der Waals surface area contributed by atoms with Gasteiger partial charge in [0.1, 0.15) is 37.4 Å². The van der Waals surface area contributed by atoms with E-state index in [0.29, 0.717) is 11.4 Å². The number of phosphoric acid groups is 1. The number of aromatic nitrogens is 10. The highest BCUT2D eigenvalue weighted by Crippen LogP contribution is 2.49. The summed E-state index contributed by atoms with van der Waals surface area (Å²) in [7, 11) is -1.78. The third-order valence-corrected chi connectivity index (χ3v) is 8.11. The van der Waals surface area contributed by atoms with Crippen molar-refractivity contribution in [2.24, 2.45) is 14.1 Å². The van der Waals surface area contributed by atoms with Crippen molar-refractivity contribution < 1.29 is 51.8 Å². The van der Waals surface area contributed by atoms with E-state index in [1.165, 1.54) is 53.4 Å². The fourth-order valence-corrected chi connectivity index (χ4v) is 6.01. The van der Waals surface area contributed by atoms with Gasteiger partial charge in [0, 0.05) is 14.1 Å². The molecule has 5 rings (SSSR count). The van der Waals surface area contributed by atoms with E-state index in [0.717, 1.165) is 6.33 Å². The van der Waals surface area contributed by atoms with Crippen LogP contribution in [-0.4, -0.2) is 97.9 Å². The average Bonchev–Trinajstić information content (AvgIpc) is 3.80. The third kappa shape index (κ3) is 10.0. The molecule has 1 amide bonds. The van der Waals surface area contributed by atoms with Gasteiger partial charge < -0.3 is 37.6 Å². The van der Waals surface area contributed by atoms with Crippen LogP contribution < -0.4 is 10.2 Å². The minimum atomic E-state index is -5.07. The van der Waals surface area contributed by atoms with Gasteiger partial charge in [-0.2, -0.15) is 0 Å². The van der Waals surface area contributed by atoms with Crippen LogP contribution in [-0.2, 0) is 64.6 Å². The summed E-state index contributed by atoms with van der Waals surface area (Å²) in [5.74, 6) is -0.0196. The number of carbonyl (C=O) groups excluding carboxylic acids is 2. The number of rotatable bonds is 12. The number of hydrogen-bond donors (Lipinski definition) is 1. The van der Waals surface area contributed by atoms with Gasteiger partial charge in [0.05, 0.1) is 42.2 Å². The molecule has 0 spiro atoms. The number of aryl methyl sites for hydroxylation is 2. The van der Waals surface area contributed by atoms with Crippen molar-refractivity contribution >= 4 is 37.1 Å². The Morgan fingerprint density at radius 1 is 1.02 bits per heavy atom.